The maximum Gasteiger partial charge on any atom is 0.291 e. The second-order valence-electron chi connectivity index (χ2n) is 8.35. The van der Waals surface area contributed by atoms with Crippen molar-refractivity contribution in [1.29, 1.82) is 5.41 Å². The summed E-state index contributed by atoms with van der Waals surface area (Å²) in [5, 5.41) is 17.9. The fraction of sp³-hybridized carbons (Fsp3) is 0.160. The smallest absolute Gasteiger partial charge is 0.291 e. The molecule has 10 heteroatoms. The van der Waals surface area contributed by atoms with Gasteiger partial charge in [0.15, 0.2) is 0 Å². The number of nitrogens with two attached hydrogens (primary N) is 1. The van der Waals surface area contributed by atoms with E-state index < -0.39 is 11.9 Å². The van der Waals surface area contributed by atoms with Crippen LogP contribution in [0.5, 0.6) is 0 Å². The number of allylic oxidation sites excluding steroid dienone is 1. The predicted octanol–water partition coefficient (Wildman–Crippen LogP) is 2.07. The first-order valence-corrected chi connectivity index (χ1v) is 11.1. The third-order valence-corrected chi connectivity index (χ3v) is 6.07. The Bertz CT molecular complexity index is 1470. The van der Waals surface area contributed by atoms with Gasteiger partial charge < -0.3 is 25.9 Å². The summed E-state index contributed by atoms with van der Waals surface area (Å²) in [4.78, 5) is 32.1. The van der Waals surface area contributed by atoms with Crippen LogP contribution >= 0.6 is 0 Å². The van der Waals surface area contributed by atoms with Crippen molar-refractivity contribution in [1.82, 2.24) is 25.1 Å². The van der Waals surface area contributed by atoms with E-state index in [0.717, 1.165) is 28.2 Å². The molecule has 1 aliphatic heterocycles. The van der Waals surface area contributed by atoms with Crippen molar-refractivity contribution < 1.29 is 9.59 Å². The molecule has 2 aromatic carbocycles. The molecule has 0 aliphatic carbocycles. The number of hydrogen-bond donors (Lipinski definition) is 4. The van der Waals surface area contributed by atoms with Gasteiger partial charge in [-0.05, 0) is 17.7 Å². The van der Waals surface area contributed by atoms with Crippen LogP contribution in [0.25, 0.3) is 16.6 Å². The summed E-state index contributed by atoms with van der Waals surface area (Å²) < 4.78 is 1.91. The van der Waals surface area contributed by atoms with Crippen LogP contribution in [0, 0.1) is 5.41 Å². The monoisotopic (exact) mass is 468 g/mol. The Hall–Kier alpha value is -4.73. The number of anilines is 1. The SMILES string of the molecule is CN1C(=O)[C@@H](NC(=O)c2n[nH]c(Cc3ccccc3)n2)Cn2cc(/C(N)=C/C=N)c3cccc1c32. The molecule has 5 rings (SSSR count). The highest BCUT2D eigenvalue weighted by Gasteiger charge is 2.32. The average Bonchev–Trinajstić information content (AvgIpc) is 3.46. The molecule has 0 bridgehead atoms. The van der Waals surface area contributed by atoms with Crippen LogP contribution in [0.15, 0.2) is 60.8 Å². The number of carbonyl (C=O) groups is 2. The van der Waals surface area contributed by atoms with E-state index in [1.54, 1.807) is 7.05 Å². The quantitative estimate of drug-likeness (QED) is 0.320. The highest BCUT2D eigenvalue weighted by atomic mass is 16.2. The van der Waals surface area contributed by atoms with Crippen LogP contribution in [-0.4, -0.2) is 50.9 Å². The summed E-state index contributed by atoms with van der Waals surface area (Å²) in [6.07, 6.45) is 5.01. The predicted molar refractivity (Wildman–Crippen MR) is 133 cm³/mol. The van der Waals surface area contributed by atoms with Gasteiger partial charge in [0.25, 0.3) is 11.8 Å². The highest BCUT2D eigenvalue weighted by Crippen LogP contribution is 2.34. The van der Waals surface area contributed by atoms with Crippen molar-refractivity contribution in [2.75, 3.05) is 11.9 Å². The lowest BCUT2D eigenvalue weighted by Gasteiger charge is -2.21. The van der Waals surface area contributed by atoms with E-state index >= 15 is 0 Å². The molecule has 1 aliphatic rings. The molecule has 10 nitrogen and oxygen atoms in total. The van der Waals surface area contributed by atoms with E-state index in [1.165, 1.54) is 11.0 Å². The Morgan fingerprint density at radius 3 is 2.83 bits per heavy atom. The van der Waals surface area contributed by atoms with E-state index in [4.69, 9.17) is 11.1 Å². The van der Waals surface area contributed by atoms with E-state index in [1.807, 2.05) is 59.3 Å². The zero-order valence-corrected chi connectivity index (χ0v) is 19.0. The lowest BCUT2D eigenvalue weighted by Crippen LogP contribution is -2.48. The number of hydrogen-bond acceptors (Lipinski definition) is 6. The van der Waals surface area contributed by atoms with Gasteiger partial charge >= 0.3 is 0 Å². The molecule has 2 aromatic heterocycles. The van der Waals surface area contributed by atoms with Crippen molar-refractivity contribution in [3.63, 3.8) is 0 Å². The Balaban J connectivity index is 1.42. The molecule has 35 heavy (non-hydrogen) atoms. The summed E-state index contributed by atoms with van der Waals surface area (Å²) in [7, 11) is 1.68. The zero-order valence-electron chi connectivity index (χ0n) is 19.0. The lowest BCUT2D eigenvalue weighted by atomic mass is 10.1. The van der Waals surface area contributed by atoms with Crippen LogP contribution in [-0.2, 0) is 17.8 Å². The molecule has 2 amide bonds. The number of aromatic nitrogens is 4. The third-order valence-electron chi connectivity index (χ3n) is 6.07. The molecule has 1 atom stereocenters. The van der Waals surface area contributed by atoms with E-state index in [2.05, 4.69) is 20.5 Å². The maximum atomic E-state index is 13.3. The molecule has 4 aromatic rings. The molecule has 3 heterocycles. The first-order valence-electron chi connectivity index (χ1n) is 11.1. The van der Waals surface area contributed by atoms with Gasteiger partial charge in [-0.25, -0.2) is 4.98 Å². The van der Waals surface area contributed by atoms with Crippen molar-refractivity contribution in [3.8, 4) is 0 Å². The largest absolute Gasteiger partial charge is 0.398 e. The number of aromatic amines is 1. The maximum absolute atomic E-state index is 13.3. The Labute approximate surface area is 201 Å². The number of nitrogens with one attached hydrogen (secondary N) is 3. The Kier molecular flexibility index (Phi) is 5.61. The third kappa shape index (κ3) is 4.05. The lowest BCUT2D eigenvalue weighted by molar-refractivity contribution is -0.120. The molecule has 0 saturated carbocycles. The Morgan fingerprint density at radius 2 is 2.06 bits per heavy atom. The fourth-order valence-electron chi connectivity index (χ4n) is 4.39. The first-order chi connectivity index (χ1) is 17.0. The summed E-state index contributed by atoms with van der Waals surface area (Å²) in [6.45, 7) is 0.210. The van der Waals surface area contributed by atoms with Crippen molar-refractivity contribution in [2.24, 2.45) is 5.73 Å². The summed E-state index contributed by atoms with van der Waals surface area (Å²) in [6, 6.07) is 14.5. The molecule has 176 valence electrons. The van der Waals surface area contributed by atoms with Crippen LogP contribution in [0.3, 0.4) is 0 Å². The van der Waals surface area contributed by atoms with Crippen LogP contribution in [0.4, 0.5) is 5.69 Å². The number of benzene rings is 2. The molecular weight excluding hydrogens is 444 g/mol. The zero-order chi connectivity index (χ0) is 24.5. The summed E-state index contributed by atoms with van der Waals surface area (Å²) in [5.74, 6) is -0.253. The number of rotatable bonds is 6. The number of nitrogens with zero attached hydrogens (tertiary/aromatic N) is 4. The molecule has 0 radical (unpaired) electrons. The van der Waals surface area contributed by atoms with Gasteiger partial charge in [-0.15, -0.1) is 5.10 Å². The topological polar surface area (TPSA) is 146 Å². The molecule has 0 unspecified atom stereocenters. The standard InChI is InChI=1S/C25H24N8O2/c1-32-20-9-5-8-16-17(18(27)10-11-26)13-33(22(16)20)14-19(25(32)35)28-24(34)23-29-21(30-31-23)12-15-6-3-2-4-7-15/h2-11,13,19,26H,12,14,27H2,1H3,(H,28,34)(H,29,30,31)/b18-10-,26-11?/t19-/m0/s1. The number of amides is 2. The van der Waals surface area contributed by atoms with Gasteiger partial charge in [-0.2, -0.15) is 0 Å². The van der Waals surface area contributed by atoms with Crippen molar-refractivity contribution in [2.45, 2.75) is 19.0 Å². The minimum Gasteiger partial charge on any atom is -0.398 e. The van der Waals surface area contributed by atoms with Gasteiger partial charge in [-0.1, -0.05) is 42.5 Å². The van der Waals surface area contributed by atoms with Gasteiger partial charge in [-0.3, -0.25) is 14.7 Å². The minimum absolute atomic E-state index is 0.0235. The van der Waals surface area contributed by atoms with Gasteiger partial charge in [0.1, 0.15) is 11.9 Å². The second kappa shape index (κ2) is 8.90. The second-order valence-corrected chi connectivity index (χ2v) is 8.35. The molecule has 0 saturated heterocycles. The average molecular weight is 469 g/mol. The molecule has 0 spiro atoms. The first kappa shape index (κ1) is 22.1. The highest BCUT2D eigenvalue weighted by molar-refractivity contribution is 6.09. The van der Waals surface area contributed by atoms with Crippen molar-refractivity contribution >= 4 is 40.3 Å². The van der Waals surface area contributed by atoms with Crippen LogP contribution in [0.2, 0.25) is 0 Å². The normalized spacial score (nSPS) is 15.8. The summed E-state index contributed by atoms with van der Waals surface area (Å²) in [5.41, 5.74) is 9.98. The minimum atomic E-state index is -0.840. The van der Waals surface area contributed by atoms with Crippen molar-refractivity contribution in [3.05, 3.63) is 83.6 Å². The van der Waals surface area contributed by atoms with Gasteiger partial charge in [0.05, 0.1) is 17.7 Å². The van der Waals surface area contributed by atoms with E-state index in [-0.39, 0.29) is 18.3 Å². The number of carbonyl (C=O) groups excluding carboxylic acids is 2. The number of likely N-dealkylation sites (N-methyl/N-ethyl adjacent to an activating group) is 1. The van der Waals surface area contributed by atoms with E-state index in [0.29, 0.717) is 23.6 Å². The number of H-pyrrole nitrogens is 1. The van der Waals surface area contributed by atoms with Gasteiger partial charge in [0, 0.05) is 42.5 Å². The Morgan fingerprint density at radius 1 is 1.26 bits per heavy atom. The van der Waals surface area contributed by atoms with Gasteiger partial charge in [0.2, 0.25) is 5.82 Å². The van der Waals surface area contributed by atoms with Crippen LogP contribution in [0.1, 0.15) is 27.6 Å². The number of para-hydroxylation sites is 1. The fourth-order valence-corrected chi connectivity index (χ4v) is 4.39. The van der Waals surface area contributed by atoms with E-state index in [9.17, 15) is 9.59 Å². The molecule has 5 N–H and O–H groups in total. The molecular formula is C25H24N8O2. The summed E-state index contributed by atoms with van der Waals surface area (Å²) >= 11 is 0. The molecule has 0 fully saturated rings. The van der Waals surface area contributed by atoms with Crippen LogP contribution < -0.4 is 16.0 Å².